The van der Waals surface area contributed by atoms with E-state index in [1.807, 2.05) is 31.2 Å². The SMILES string of the molecule is C=C(C)C(=O)Sc1ccc(SC(=O)c2ccc(C#CC#Cc3ccc(O)c(C)c3)cc2)cc1. The predicted octanol–water partition coefficient (Wildman–Crippen LogP) is 6.23. The number of rotatable bonds is 4. The zero-order chi connectivity index (χ0) is 23.8. The van der Waals surface area contributed by atoms with Gasteiger partial charge in [-0.3, -0.25) is 9.59 Å². The van der Waals surface area contributed by atoms with Gasteiger partial charge in [-0.05, 0) is 127 Å². The molecule has 0 heterocycles. The van der Waals surface area contributed by atoms with Crippen molar-refractivity contribution < 1.29 is 14.7 Å². The summed E-state index contributed by atoms with van der Waals surface area (Å²) in [5, 5.41) is 9.40. The molecule has 1 N–H and O–H groups in total. The van der Waals surface area contributed by atoms with E-state index in [4.69, 9.17) is 0 Å². The summed E-state index contributed by atoms with van der Waals surface area (Å²) in [6, 6.07) is 19.5. The second-order valence-corrected chi connectivity index (χ2v) is 9.20. The molecular weight excluding hydrogens is 448 g/mol. The average molecular weight is 469 g/mol. The Bertz CT molecular complexity index is 1330. The molecule has 0 aromatic heterocycles. The Morgan fingerprint density at radius 2 is 1.36 bits per heavy atom. The number of carbonyl (C=O) groups is 2. The van der Waals surface area contributed by atoms with Crippen molar-refractivity contribution in [1.29, 1.82) is 0 Å². The summed E-state index contributed by atoms with van der Waals surface area (Å²) < 4.78 is 0. The van der Waals surface area contributed by atoms with Crippen molar-refractivity contribution >= 4 is 33.8 Å². The highest BCUT2D eigenvalue weighted by atomic mass is 32.2. The fourth-order valence-corrected chi connectivity index (χ4v) is 3.97. The van der Waals surface area contributed by atoms with E-state index in [1.165, 1.54) is 0 Å². The first kappa shape index (κ1) is 24.0. The molecule has 33 heavy (non-hydrogen) atoms. The maximum Gasteiger partial charge on any atom is 0.224 e. The van der Waals surface area contributed by atoms with Gasteiger partial charge in [0.25, 0.3) is 0 Å². The quantitative estimate of drug-likeness (QED) is 0.279. The van der Waals surface area contributed by atoms with Crippen LogP contribution < -0.4 is 0 Å². The third-order valence-corrected chi connectivity index (χ3v) is 6.36. The van der Waals surface area contributed by atoms with Crippen LogP contribution >= 0.6 is 23.5 Å². The zero-order valence-corrected chi connectivity index (χ0v) is 19.8. The number of aryl methyl sites for hydroxylation is 1. The highest BCUT2D eigenvalue weighted by molar-refractivity contribution is 8.14. The van der Waals surface area contributed by atoms with E-state index in [9.17, 15) is 14.7 Å². The third-order valence-electron chi connectivity index (χ3n) is 4.39. The number of hydrogen-bond acceptors (Lipinski definition) is 5. The van der Waals surface area contributed by atoms with Crippen molar-refractivity contribution in [3.8, 4) is 29.4 Å². The largest absolute Gasteiger partial charge is 0.508 e. The molecule has 3 nitrogen and oxygen atoms in total. The maximum absolute atomic E-state index is 12.6. The smallest absolute Gasteiger partial charge is 0.224 e. The molecule has 3 aromatic carbocycles. The van der Waals surface area contributed by atoms with Crippen molar-refractivity contribution in [2.75, 3.05) is 0 Å². The molecule has 0 aliphatic carbocycles. The highest BCUT2D eigenvalue weighted by Gasteiger charge is 2.09. The maximum atomic E-state index is 12.6. The summed E-state index contributed by atoms with van der Waals surface area (Å²) in [4.78, 5) is 25.9. The molecule has 0 atom stereocenters. The van der Waals surface area contributed by atoms with Crippen LogP contribution in [-0.4, -0.2) is 15.3 Å². The van der Waals surface area contributed by atoms with E-state index in [2.05, 4.69) is 30.3 Å². The number of phenolic OH excluding ortho intramolecular Hbond substituents is 1. The van der Waals surface area contributed by atoms with Crippen molar-refractivity contribution in [3.63, 3.8) is 0 Å². The Morgan fingerprint density at radius 1 is 0.818 bits per heavy atom. The van der Waals surface area contributed by atoms with Crippen molar-refractivity contribution in [2.45, 2.75) is 23.6 Å². The number of thioether (sulfide) groups is 2. The lowest BCUT2D eigenvalue weighted by atomic mass is 10.1. The second kappa shape index (κ2) is 11.3. The third kappa shape index (κ3) is 7.19. The number of aromatic hydroxyl groups is 1. The minimum Gasteiger partial charge on any atom is -0.508 e. The molecule has 0 saturated carbocycles. The fourth-order valence-electron chi connectivity index (χ4n) is 2.57. The Labute approximate surface area is 202 Å². The molecule has 0 amide bonds. The normalized spacial score (nSPS) is 9.76. The van der Waals surface area contributed by atoms with Crippen LogP contribution in [0.4, 0.5) is 0 Å². The molecule has 0 aliphatic heterocycles. The van der Waals surface area contributed by atoms with Crippen LogP contribution in [0.2, 0.25) is 0 Å². The van der Waals surface area contributed by atoms with E-state index in [0.29, 0.717) is 11.1 Å². The molecular formula is C28H20O3S2. The number of carbonyl (C=O) groups excluding carboxylic acids is 2. The van der Waals surface area contributed by atoms with Crippen LogP contribution in [0.1, 0.15) is 34.0 Å². The Morgan fingerprint density at radius 3 is 1.94 bits per heavy atom. The molecule has 0 saturated heterocycles. The van der Waals surface area contributed by atoms with Gasteiger partial charge in [-0.15, -0.1) is 0 Å². The molecule has 0 spiro atoms. The number of benzene rings is 3. The Kier molecular flexibility index (Phi) is 8.22. The molecule has 0 aliphatic rings. The van der Waals surface area contributed by atoms with Crippen molar-refractivity contribution in [2.24, 2.45) is 0 Å². The van der Waals surface area contributed by atoms with Gasteiger partial charge in [0.05, 0.1) is 0 Å². The van der Waals surface area contributed by atoms with Gasteiger partial charge >= 0.3 is 0 Å². The molecule has 3 aromatic rings. The first-order valence-electron chi connectivity index (χ1n) is 9.93. The van der Waals surface area contributed by atoms with E-state index < -0.39 is 0 Å². The minimum atomic E-state index is -0.0737. The van der Waals surface area contributed by atoms with Gasteiger partial charge in [0.2, 0.25) is 10.2 Å². The molecule has 0 unspecified atom stereocenters. The lowest BCUT2D eigenvalue weighted by Gasteiger charge is -2.03. The summed E-state index contributed by atoms with van der Waals surface area (Å²) in [5.41, 5.74) is 3.39. The first-order valence-corrected chi connectivity index (χ1v) is 11.6. The zero-order valence-electron chi connectivity index (χ0n) is 18.1. The molecule has 5 heteroatoms. The number of hydrogen-bond donors (Lipinski definition) is 1. The summed E-state index contributed by atoms with van der Waals surface area (Å²) in [6.07, 6.45) is 0. The average Bonchev–Trinajstić information content (AvgIpc) is 2.80. The molecule has 3 rings (SSSR count). The summed E-state index contributed by atoms with van der Waals surface area (Å²) in [5.74, 6) is 11.7. The first-order chi connectivity index (χ1) is 15.8. The Hall–Kier alpha value is -3.64. The van der Waals surface area contributed by atoms with Crippen LogP contribution in [0.5, 0.6) is 5.75 Å². The van der Waals surface area contributed by atoms with Gasteiger partial charge < -0.3 is 5.11 Å². The monoisotopic (exact) mass is 468 g/mol. The van der Waals surface area contributed by atoms with E-state index in [1.54, 1.807) is 49.4 Å². The van der Waals surface area contributed by atoms with Crippen LogP contribution in [0, 0.1) is 30.6 Å². The van der Waals surface area contributed by atoms with Gasteiger partial charge in [0, 0.05) is 26.5 Å². The summed E-state index contributed by atoms with van der Waals surface area (Å²) >= 11 is 2.25. The van der Waals surface area contributed by atoms with Gasteiger partial charge in [0.1, 0.15) is 5.75 Å². The second-order valence-electron chi connectivity index (χ2n) is 7.11. The van der Waals surface area contributed by atoms with Gasteiger partial charge in [-0.25, -0.2) is 0 Å². The van der Waals surface area contributed by atoms with Crippen molar-refractivity contribution in [1.82, 2.24) is 0 Å². The molecule has 0 bridgehead atoms. The van der Waals surface area contributed by atoms with Crippen molar-refractivity contribution in [3.05, 3.63) is 101 Å². The molecule has 0 radical (unpaired) electrons. The van der Waals surface area contributed by atoms with Crippen LogP contribution in [0.15, 0.2) is 88.7 Å². The standard InChI is InChI=1S/C28H20O3S2/c1-19(2)27(30)32-24-13-15-25(16-14-24)33-28(31)23-11-8-21(9-12-23)6-4-5-7-22-10-17-26(29)20(3)18-22/h8-18,29H,1H2,2-3H3. The Balaban J connectivity index is 1.59. The van der Waals surface area contributed by atoms with Crippen LogP contribution in [0.25, 0.3) is 0 Å². The number of phenols is 1. The van der Waals surface area contributed by atoms with Crippen LogP contribution in [-0.2, 0) is 4.79 Å². The van der Waals surface area contributed by atoms with Crippen LogP contribution in [0.3, 0.4) is 0 Å². The van der Waals surface area contributed by atoms with Gasteiger partial charge in [-0.1, -0.05) is 18.4 Å². The lowest BCUT2D eigenvalue weighted by Crippen LogP contribution is -1.93. The molecule has 0 fully saturated rings. The van der Waals surface area contributed by atoms with E-state index in [0.717, 1.165) is 50.0 Å². The highest BCUT2D eigenvalue weighted by Crippen LogP contribution is 2.27. The summed E-state index contributed by atoms with van der Waals surface area (Å²) in [7, 11) is 0. The fraction of sp³-hybridized carbons (Fsp3) is 0.0714. The minimum absolute atomic E-state index is 0.0731. The van der Waals surface area contributed by atoms with Gasteiger partial charge in [0.15, 0.2) is 0 Å². The van der Waals surface area contributed by atoms with E-state index >= 15 is 0 Å². The summed E-state index contributed by atoms with van der Waals surface area (Å²) in [6.45, 7) is 7.14. The lowest BCUT2D eigenvalue weighted by molar-refractivity contribution is -0.107. The predicted molar refractivity (Wildman–Crippen MR) is 135 cm³/mol. The van der Waals surface area contributed by atoms with E-state index in [-0.39, 0.29) is 16.0 Å². The topological polar surface area (TPSA) is 54.4 Å². The van der Waals surface area contributed by atoms with Gasteiger partial charge in [-0.2, -0.15) is 0 Å². The molecule has 162 valence electrons.